The first-order chi connectivity index (χ1) is 22.4. The number of hydrogen-bond donors (Lipinski definition) is 1. The van der Waals surface area contributed by atoms with Gasteiger partial charge in [-0.1, -0.05) is 49.4 Å². The molecular formula is C38H34N2O6. The number of rotatable bonds is 9. The number of benzene rings is 4. The predicted octanol–water partition coefficient (Wildman–Crippen LogP) is 6.47. The van der Waals surface area contributed by atoms with E-state index in [9.17, 15) is 9.59 Å². The lowest BCUT2D eigenvalue weighted by atomic mass is 9.62. The summed E-state index contributed by atoms with van der Waals surface area (Å²) in [5.41, 5.74) is 2.39. The van der Waals surface area contributed by atoms with Crippen LogP contribution in [-0.4, -0.2) is 49.2 Å². The van der Waals surface area contributed by atoms with E-state index in [1.807, 2.05) is 72.6 Å². The van der Waals surface area contributed by atoms with Crippen molar-refractivity contribution >= 4 is 29.2 Å². The van der Waals surface area contributed by atoms with E-state index in [1.165, 1.54) is 7.11 Å². The van der Waals surface area contributed by atoms with Crippen molar-refractivity contribution in [2.45, 2.75) is 30.8 Å². The number of carbonyl (C=O) groups is 3. The average Bonchev–Trinajstić information content (AvgIpc) is 3.58. The molecule has 3 aliphatic heterocycles. The summed E-state index contributed by atoms with van der Waals surface area (Å²) >= 11 is 0. The molecule has 8 heteroatoms. The van der Waals surface area contributed by atoms with E-state index in [0.29, 0.717) is 46.2 Å². The van der Waals surface area contributed by atoms with Gasteiger partial charge in [0.15, 0.2) is 11.6 Å². The van der Waals surface area contributed by atoms with Gasteiger partial charge < -0.3 is 24.4 Å². The number of amides is 1. The van der Waals surface area contributed by atoms with Gasteiger partial charge in [0.1, 0.15) is 28.7 Å². The number of carbonyl (C=O) groups excluding carboxylic acids is 3. The molecule has 3 heterocycles. The molecule has 4 aromatic carbocycles. The maximum atomic E-state index is 15.1. The maximum Gasteiger partial charge on any atom is 0.238 e. The minimum absolute atomic E-state index is 0.296. The third kappa shape index (κ3) is 4.31. The van der Waals surface area contributed by atoms with Crippen molar-refractivity contribution in [3.8, 4) is 17.2 Å². The van der Waals surface area contributed by atoms with E-state index < -0.39 is 23.4 Å². The first-order valence-electron chi connectivity index (χ1n) is 15.4. The highest BCUT2D eigenvalue weighted by Gasteiger charge is 2.70. The van der Waals surface area contributed by atoms with Crippen molar-refractivity contribution in [2.24, 2.45) is 5.92 Å². The quantitative estimate of drug-likeness (QED) is 0.216. The van der Waals surface area contributed by atoms with Crippen LogP contribution in [0.25, 0.3) is 6.08 Å². The van der Waals surface area contributed by atoms with Gasteiger partial charge in [0.05, 0.1) is 38.3 Å². The fourth-order valence-corrected chi connectivity index (χ4v) is 7.44. The zero-order valence-electron chi connectivity index (χ0n) is 25.9. The topological polar surface area (TPSA) is 94.2 Å². The number of para-hydroxylation sites is 1. The Balaban J connectivity index is 1.48. The lowest BCUT2D eigenvalue weighted by Gasteiger charge is -2.38. The molecule has 3 aliphatic rings. The summed E-state index contributed by atoms with van der Waals surface area (Å²) in [7, 11) is 3.04. The molecule has 0 bridgehead atoms. The van der Waals surface area contributed by atoms with Crippen LogP contribution >= 0.6 is 0 Å². The Morgan fingerprint density at radius 2 is 1.61 bits per heavy atom. The van der Waals surface area contributed by atoms with Gasteiger partial charge in [0, 0.05) is 23.5 Å². The molecule has 0 aliphatic carbocycles. The average molecular weight is 615 g/mol. The second kappa shape index (κ2) is 11.5. The van der Waals surface area contributed by atoms with Gasteiger partial charge >= 0.3 is 0 Å². The van der Waals surface area contributed by atoms with E-state index in [2.05, 4.69) is 5.32 Å². The van der Waals surface area contributed by atoms with Crippen LogP contribution in [-0.2, 0) is 10.2 Å². The molecule has 4 aromatic rings. The van der Waals surface area contributed by atoms with E-state index in [0.717, 1.165) is 17.5 Å². The molecule has 4 atom stereocenters. The Bertz CT molecular complexity index is 1880. The van der Waals surface area contributed by atoms with E-state index in [1.54, 1.807) is 49.6 Å². The van der Waals surface area contributed by atoms with Crippen LogP contribution in [0.4, 0.5) is 5.69 Å². The summed E-state index contributed by atoms with van der Waals surface area (Å²) < 4.78 is 16.8. The summed E-state index contributed by atoms with van der Waals surface area (Å²) in [6.07, 6.45) is 4.65. The molecule has 1 saturated heterocycles. The van der Waals surface area contributed by atoms with Crippen LogP contribution in [0.2, 0.25) is 0 Å². The number of hydrogen-bond acceptors (Lipinski definition) is 7. The molecule has 232 valence electrons. The van der Waals surface area contributed by atoms with E-state index in [4.69, 9.17) is 14.2 Å². The maximum absolute atomic E-state index is 15.1. The zero-order chi connectivity index (χ0) is 32.0. The second-order valence-corrected chi connectivity index (χ2v) is 11.8. The minimum Gasteiger partial charge on any atom is -0.497 e. The molecule has 8 nitrogen and oxygen atoms in total. The molecule has 1 amide bonds. The number of ketones is 2. The lowest BCUT2D eigenvalue weighted by Crippen LogP contribution is -2.49. The highest BCUT2D eigenvalue weighted by Crippen LogP contribution is 2.62. The normalized spacial score (nSPS) is 22.1. The third-order valence-corrected chi connectivity index (χ3v) is 9.41. The van der Waals surface area contributed by atoms with Crippen molar-refractivity contribution in [2.75, 3.05) is 26.1 Å². The molecule has 7 rings (SSSR count). The van der Waals surface area contributed by atoms with Crippen molar-refractivity contribution < 1.29 is 28.6 Å². The van der Waals surface area contributed by atoms with Crippen LogP contribution in [0.3, 0.4) is 0 Å². The predicted molar refractivity (Wildman–Crippen MR) is 175 cm³/mol. The molecule has 0 saturated carbocycles. The van der Waals surface area contributed by atoms with Crippen molar-refractivity contribution in [1.82, 2.24) is 4.90 Å². The standard InChI is InChI=1S/C38H34N2O6/c1-4-21-46-25-15-13-24(14-16-25)34(41)32-33(35(42)28-18-17-26(44-2)22-31(28)45-3)40-20-19-23-9-5-6-10-27(23)36(40)38(32)29-11-7-8-12-30(29)39-37(38)43/h5-20,22,32-33,36H,4,21H2,1-3H3,(H,39,43)/t32-,33+,36+,38-/m0/s1. The zero-order valence-corrected chi connectivity index (χ0v) is 25.9. The summed E-state index contributed by atoms with van der Waals surface area (Å²) in [6.45, 7) is 2.58. The van der Waals surface area contributed by atoms with Crippen molar-refractivity contribution in [3.05, 3.63) is 125 Å². The molecular weight excluding hydrogens is 580 g/mol. The van der Waals surface area contributed by atoms with Gasteiger partial charge in [-0.3, -0.25) is 14.4 Å². The molecule has 1 N–H and O–H groups in total. The first-order valence-corrected chi connectivity index (χ1v) is 15.4. The second-order valence-electron chi connectivity index (χ2n) is 11.8. The van der Waals surface area contributed by atoms with Crippen LogP contribution in [0, 0.1) is 5.92 Å². The number of methoxy groups -OCH3 is 2. The molecule has 0 aromatic heterocycles. The Labute approximate surface area is 267 Å². The molecule has 46 heavy (non-hydrogen) atoms. The van der Waals surface area contributed by atoms with Crippen LogP contribution in [0.1, 0.15) is 56.8 Å². The first kappa shape index (κ1) is 29.3. The fraction of sp³-hybridized carbons (Fsp3) is 0.237. The molecule has 0 radical (unpaired) electrons. The summed E-state index contributed by atoms with van der Waals surface area (Å²) in [5.74, 6) is -0.547. The largest absolute Gasteiger partial charge is 0.497 e. The van der Waals surface area contributed by atoms with E-state index in [-0.39, 0.29) is 17.5 Å². The molecule has 1 spiro atoms. The molecule has 0 unspecified atom stereocenters. The molecule has 1 fully saturated rings. The lowest BCUT2D eigenvalue weighted by molar-refractivity contribution is -0.122. The van der Waals surface area contributed by atoms with Crippen molar-refractivity contribution in [1.29, 1.82) is 0 Å². The monoisotopic (exact) mass is 614 g/mol. The van der Waals surface area contributed by atoms with Gasteiger partial charge in [-0.05, 0) is 71.7 Å². The van der Waals surface area contributed by atoms with Crippen LogP contribution in [0.15, 0.2) is 97.2 Å². The van der Waals surface area contributed by atoms with Crippen molar-refractivity contribution in [3.63, 3.8) is 0 Å². The van der Waals surface area contributed by atoms with Crippen LogP contribution < -0.4 is 19.5 Å². The van der Waals surface area contributed by atoms with Crippen LogP contribution in [0.5, 0.6) is 17.2 Å². The summed E-state index contributed by atoms with van der Waals surface area (Å²) in [5, 5.41) is 3.09. The Hall–Kier alpha value is -5.37. The van der Waals surface area contributed by atoms with Gasteiger partial charge in [-0.25, -0.2) is 0 Å². The minimum atomic E-state index is -1.42. The SMILES string of the molecule is CCCOc1ccc(C(=O)[C@@H]2[C@H](C(=O)c3ccc(OC)cc3OC)N3C=Cc4ccccc4[C@@H]3[C@@]23C(=O)Nc2ccccc23)cc1. The summed E-state index contributed by atoms with van der Waals surface area (Å²) in [4.78, 5) is 46.6. The van der Waals surface area contributed by atoms with Gasteiger partial charge in [-0.15, -0.1) is 0 Å². The highest BCUT2D eigenvalue weighted by molar-refractivity contribution is 6.17. The summed E-state index contributed by atoms with van der Waals surface area (Å²) in [6, 6.07) is 25.6. The number of nitrogens with zero attached hydrogens (tertiary/aromatic N) is 1. The number of anilines is 1. The number of nitrogens with one attached hydrogen (secondary N) is 1. The van der Waals surface area contributed by atoms with Gasteiger partial charge in [0.25, 0.3) is 0 Å². The van der Waals surface area contributed by atoms with E-state index >= 15 is 4.79 Å². The number of fused-ring (bicyclic) bond motifs is 6. The highest BCUT2D eigenvalue weighted by atomic mass is 16.5. The Morgan fingerprint density at radius 1 is 0.870 bits per heavy atom. The fourth-order valence-electron chi connectivity index (χ4n) is 7.44. The smallest absolute Gasteiger partial charge is 0.238 e. The van der Waals surface area contributed by atoms with Gasteiger partial charge in [-0.2, -0.15) is 0 Å². The number of Topliss-reactive ketones (excluding diaryl/α,β-unsaturated/α-hetero) is 2. The van der Waals surface area contributed by atoms with Gasteiger partial charge in [0.2, 0.25) is 5.91 Å². The number of ether oxygens (including phenoxy) is 3. The third-order valence-electron chi connectivity index (χ3n) is 9.41. The Kier molecular flexibility index (Phi) is 7.35. The Morgan fingerprint density at radius 3 is 2.37 bits per heavy atom.